The zero-order valence-corrected chi connectivity index (χ0v) is 19.3. The standard InChI is InChI=1S/C20H24N2OS.C4H4O4/c1-4-18(23)15-10-11-20-17(14-15)22(13-7-12-21(2)3)16-8-5-6-9-19(16)24-20;5-3(6)1-2-4(7)8/h5-6,8-11,14H,4,7,12-13H2,1-3H3;1-2H,(H,5,6)(H,7,8)/b;2-1-. The molecule has 2 aromatic rings. The molecule has 2 aromatic carbocycles. The van der Waals surface area contributed by atoms with Gasteiger partial charge in [-0.05, 0) is 51.3 Å². The number of carboxylic acid groups (broad SMARTS) is 2. The Hall–Kier alpha value is -3.10. The summed E-state index contributed by atoms with van der Waals surface area (Å²) in [5.74, 6) is -2.31. The summed E-state index contributed by atoms with van der Waals surface area (Å²) in [6.07, 6.45) is 2.74. The number of carbonyl (C=O) groups excluding carboxylic acids is 1. The maximum atomic E-state index is 12.1. The Balaban J connectivity index is 0.000000390. The number of fused-ring (bicyclic) bond motifs is 2. The molecular weight excluding hydrogens is 428 g/mol. The number of benzene rings is 2. The molecule has 8 heteroatoms. The minimum atomic E-state index is -1.26. The fourth-order valence-electron chi connectivity index (χ4n) is 3.14. The van der Waals surface area contributed by atoms with Gasteiger partial charge in [0.15, 0.2) is 5.78 Å². The van der Waals surface area contributed by atoms with Crippen molar-refractivity contribution in [2.75, 3.05) is 32.1 Å². The highest BCUT2D eigenvalue weighted by Gasteiger charge is 2.23. The van der Waals surface area contributed by atoms with E-state index < -0.39 is 11.9 Å². The van der Waals surface area contributed by atoms with Crippen molar-refractivity contribution in [1.29, 1.82) is 0 Å². The van der Waals surface area contributed by atoms with Crippen LogP contribution in [0.5, 0.6) is 0 Å². The third-order valence-corrected chi connectivity index (χ3v) is 5.75. The topological polar surface area (TPSA) is 98.2 Å². The first-order valence-electron chi connectivity index (χ1n) is 10.2. The summed E-state index contributed by atoms with van der Waals surface area (Å²) in [7, 11) is 4.21. The largest absolute Gasteiger partial charge is 0.478 e. The second-order valence-electron chi connectivity index (χ2n) is 7.35. The predicted molar refractivity (Wildman–Crippen MR) is 126 cm³/mol. The lowest BCUT2D eigenvalue weighted by atomic mass is 10.1. The smallest absolute Gasteiger partial charge is 0.328 e. The molecule has 0 aromatic heterocycles. The van der Waals surface area contributed by atoms with Gasteiger partial charge >= 0.3 is 11.9 Å². The summed E-state index contributed by atoms with van der Waals surface area (Å²) in [5, 5.41) is 15.6. The van der Waals surface area contributed by atoms with Crippen LogP contribution in [-0.4, -0.2) is 60.0 Å². The minimum Gasteiger partial charge on any atom is -0.478 e. The van der Waals surface area contributed by atoms with Crippen LogP contribution in [-0.2, 0) is 9.59 Å². The molecule has 1 aliphatic heterocycles. The van der Waals surface area contributed by atoms with E-state index in [4.69, 9.17) is 10.2 Å². The number of Topliss-reactive ketones (excluding diaryl/α,β-unsaturated/α-hetero) is 1. The van der Waals surface area contributed by atoms with Crippen LogP contribution in [0.1, 0.15) is 30.1 Å². The highest BCUT2D eigenvalue weighted by molar-refractivity contribution is 7.99. The van der Waals surface area contributed by atoms with Crippen molar-refractivity contribution in [3.8, 4) is 0 Å². The summed E-state index contributed by atoms with van der Waals surface area (Å²) in [4.78, 5) is 38.3. The number of ketones is 1. The number of hydrogen-bond acceptors (Lipinski definition) is 6. The van der Waals surface area contributed by atoms with Crippen molar-refractivity contribution in [2.24, 2.45) is 0 Å². The van der Waals surface area contributed by atoms with E-state index >= 15 is 0 Å². The number of aliphatic carboxylic acids is 2. The van der Waals surface area contributed by atoms with Crippen molar-refractivity contribution in [1.82, 2.24) is 4.90 Å². The maximum Gasteiger partial charge on any atom is 0.328 e. The quantitative estimate of drug-likeness (QED) is 0.441. The first-order chi connectivity index (χ1) is 15.2. The summed E-state index contributed by atoms with van der Waals surface area (Å²) < 4.78 is 0. The fraction of sp³-hybridized carbons (Fsp3) is 0.292. The minimum absolute atomic E-state index is 0.204. The molecule has 0 saturated heterocycles. The van der Waals surface area contributed by atoms with E-state index in [-0.39, 0.29) is 5.78 Å². The molecule has 0 unspecified atom stereocenters. The Morgan fingerprint density at radius 2 is 1.59 bits per heavy atom. The van der Waals surface area contributed by atoms with Gasteiger partial charge in [0.2, 0.25) is 0 Å². The molecular formula is C24H28N2O5S. The molecule has 0 saturated carbocycles. The number of carbonyl (C=O) groups is 3. The van der Waals surface area contributed by atoms with Crippen molar-refractivity contribution < 1.29 is 24.6 Å². The Kier molecular flexibility index (Phi) is 9.49. The van der Waals surface area contributed by atoms with Gasteiger partial charge in [0.25, 0.3) is 0 Å². The van der Waals surface area contributed by atoms with Crippen LogP contribution in [0.4, 0.5) is 11.4 Å². The molecule has 170 valence electrons. The molecule has 0 spiro atoms. The molecule has 0 bridgehead atoms. The highest BCUT2D eigenvalue weighted by atomic mass is 32.2. The Labute approximate surface area is 192 Å². The van der Waals surface area contributed by atoms with Crippen LogP contribution in [0.2, 0.25) is 0 Å². The van der Waals surface area contributed by atoms with Gasteiger partial charge in [0, 0.05) is 40.5 Å². The SMILES string of the molecule is CCC(=O)c1ccc2c(c1)N(CCCN(C)C)c1ccccc1S2.O=C(O)/C=C\C(=O)O. The van der Waals surface area contributed by atoms with Gasteiger partial charge in [-0.2, -0.15) is 0 Å². The maximum absolute atomic E-state index is 12.1. The summed E-state index contributed by atoms with van der Waals surface area (Å²) >= 11 is 1.79. The summed E-state index contributed by atoms with van der Waals surface area (Å²) in [5.41, 5.74) is 3.22. The molecule has 1 aliphatic rings. The van der Waals surface area contributed by atoms with Crippen LogP contribution in [0, 0.1) is 0 Å². The first kappa shape index (κ1) is 25.2. The average Bonchev–Trinajstić information content (AvgIpc) is 2.76. The van der Waals surface area contributed by atoms with E-state index in [0.717, 1.165) is 30.8 Å². The van der Waals surface area contributed by atoms with Crippen LogP contribution in [0.15, 0.2) is 64.4 Å². The summed E-state index contributed by atoms with van der Waals surface area (Å²) in [6, 6.07) is 14.7. The zero-order valence-electron chi connectivity index (χ0n) is 18.4. The van der Waals surface area contributed by atoms with Crippen molar-refractivity contribution >= 4 is 40.9 Å². The van der Waals surface area contributed by atoms with Crippen LogP contribution in [0.3, 0.4) is 0 Å². The third kappa shape index (κ3) is 7.25. The first-order valence-corrected chi connectivity index (χ1v) is 11.0. The normalized spacial score (nSPS) is 12.1. The Morgan fingerprint density at radius 3 is 2.19 bits per heavy atom. The fourth-order valence-corrected chi connectivity index (χ4v) is 4.21. The molecule has 3 rings (SSSR count). The lowest BCUT2D eigenvalue weighted by Crippen LogP contribution is -2.25. The van der Waals surface area contributed by atoms with E-state index in [0.29, 0.717) is 18.6 Å². The predicted octanol–water partition coefficient (Wildman–Crippen LogP) is 4.55. The molecule has 0 aliphatic carbocycles. The average molecular weight is 457 g/mol. The number of para-hydroxylation sites is 1. The number of anilines is 2. The van der Waals surface area contributed by atoms with Crippen molar-refractivity contribution in [3.05, 3.63) is 60.2 Å². The molecule has 1 heterocycles. The van der Waals surface area contributed by atoms with Gasteiger partial charge in [0.1, 0.15) is 0 Å². The highest BCUT2D eigenvalue weighted by Crippen LogP contribution is 2.48. The second-order valence-corrected chi connectivity index (χ2v) is 8.43. The van der Waals surface area contributed by atoms with Gasteiger partial charge in [0.05, 0.1) is 11.4 Å². The number of rotatable bonds is 8. The van der Waals surface area contributed by atoms with Gasteiger partial charge in [-0.1, -0.05) is 36.9 Å². The number of carboxylic acids is 2. The number of nitrogens with zero attached hydrogens (tertiary/aromatic N) is 2. The van der Waals surface area contributed by atoms with Gasteiger partial charge < -0.3 is 20.0 Å². The number of hydrogen-bond donors (Lipinski definition) is 2. The monoisotopic (exact) mass is 456 g/mol. The molecule has 0 amide bonds. The summed E-state index contributed by atoms with van der Waals surface area (Å²) in [6.45, 7) is 3.92. The van der Waals surface area contributed by atoms with Crippen molar-refractivity contribution in [2.45, 2.75) is 29.6 Å². The van der Waals surface area contributed by atoms with Crippen molar-refractivity contribution in [3.63, 3.8) is 0 Å². The van der Waals surface area contributed by atoms with E-state index in [1.165, 1.54) is 15.5 Å². The lowest BCUT2D eigenvalue weighted by molar-refractivity contribution is -0.134. The molecule has 0 radical (unpaired) electrons. The second kappa shape index (κ2) is 12.1. The molecule has 32 heavy (non-hydrogen) atoms. The lowest BCUT2D eigenvalue weighted by Gasteiger charge is -2.33. The van der Waals surface area contributed by atoms with Gasteiger partial charge in [-0.25, -0.2) is 9.59 Å². The van der Waals surface area contributed by atoms with Gasteiger partial charge in [-0.15, -0.1) is 0 Å². The molecule has 0 atom stereocenters. The Morgan fingerprint density at radius 1 is 0.969 bits per heavy atom. The Bertz CT molecular complexity index is 988. The third-order valence-electron chi connectivity index (χ3n) is 4.62. The van der Waals surface area contributed by atoms with E-state index in [1.54, 1.807) is 11.8 Å². The van der Waals surface area contributed by atoms with Crippen LogP contribution >= 0.6 is 11.8 Å². The van der Waals surface area contributed by atoms with E-state index in [2.05, 4.69) is 60.3 Å². The van der Waals surface area contributed by atoms with Crippen LogP contribution < -0.4 is 4.90 Å². The van der Waals surface area contributed by atoms with E-state index in [1.807, 2.05) is 13.0 Å². The zero-order chi connectivity index (χ0) is 23.7. The van der Waals surface area contributed by atoms with Crippen LogP contribution in [0.25, 0.3) is 0 Å². The van der Waals surface area contributed by atoms with E-state index in [9.17, 15) is 14.4 Å². The molecule has 2 N–H and O–H groups in total. The van der Waals surface area contributed by atoms with Gasteiger partial charge in [-0.3, -0.25) is 4.79 Å². The molecule has 7 nitrogen and oxygen atoms in total. The molecule has 0 fully saturated rings.